The number of nitrogens with one attached hydrogen (secondary N) is 1. The summed E-state index contributed by atoms with van der Waals surface area (Å²) < 4.78 is 52.5. The minimum Gasteiger partial charge on any atom is -0.324 e. The van der Waals surface area contributed by atoms with E-state index in [9.17, 15) is 17.2 Å². The fraction of sp³-hybridized carbons (Fsp3) is 0.143. The molecule has 0 aliphatic heterocycles. The monoisotopic (exact) mass is 312 g/mol. The predicted molar refractivity (Wildman–Crippen MR) is 76.2 cm³/mol. The normalized spacial score (nSPS) is 13.0. The molecule has 112 valence electrons. The van der Waals surface area contributed by atoms with Crippen molar-refractivity contribution >= 4 is 15.7 Å². The van der Waals surface area contributed by atoms with E-state index in [1.807, 2.05) is 0 Å². The second kappa shape index (κ2) is 5.79. The number of sulfonamides is 1. The van der Waals surface area contributed by atoms with E-state index in [0.29, 0.717) is 11.8 Å². The Balaban J connectivity index is 2.33. The smallest absolute Gasteiger partial charge is 0.261 e. The van der Waals surface area contributed by atoms with E-state index in [-0.39, 0.29) is 10.9 Å². The van der Waals surface area contributed by atoms with Gasteiger partial charge in [0, 0.05) is 11.7 Å². The second-order valence-electron chi connectivity index (χ2n) is 4.60. The number of anilines is 1. The Morgan fingerprint density at radius 1 is 1.10 bits per heavy atom. The highest BCUT2D eigenvalue weighted by molar-refractivity contribution is 7.92. The molecule has 0 bridgehead atoms. The molecule has 0 spiro atoms. The lowest BCUT2D eigenvalue weighted by molar-refractivity contribution is 0.504. The van der Waals surface area contributed by atoms with Gasteiger partial charge in [0.15, 0.2) is 11.6 Å². The molecule has 0 radical (unpaired) electrons. The fourth-order valence-electron chi connectivity index (χ4n) is 1.74. The van der Waals surface area contributed by atoms with Crippen LogP contribution in [0.2, 0.25) is 0 Å². The van der Waals surface area contributed by atoms with Crippen molar-refractivity contribution < 1.29 is 17.2 Å². The number of hydrogen-bond acceptors (Lipinski definition) is 3. The van der Waals surface area contributed by atoms with Crippen LogP contribution < -0.4 is 10.5 Å². The first kappa shape index (κ1) is 15.4. The van der Waals surface area contributed by atoms with Gasteiger partial charge in [0.2, 0.25) is 0 Å². The van der Waals surface area contributed by atoms with Crippen LogP contribution in [0.15, 0.2) is 47.4 Å². The van der Waals surface area contributed by atoms with E-state index in [1.54, 1.807) is 31.2 Å². The largest absolute Gasteiger partial charge is 0.324 e. The molecule has 0 saturated heterocycles. The van der Waals surface area contributed by atoms with Crippen molar-refractivity contribution in [2.45, 2.75) is 17.9 Å². The van der Waals surface area contributed by atoms with Crippen molar-refractivity contribution in [1.29, 1.82) is 0 Å². The Morgan fingerprint density at radius 3 is 2.43 bits per heavy atom. The highest BCUT2D eigenvalue weighted by atomic mass is 32.2. The van der Waals surface area contributed by atoms with Gasteiger partial charge in [0.1, 0.15) is 0 Å². The fourth-order valence-corrected chi connectivity index (χ4v) is 2.80. The molecule has 2 rings (SSSR count). The van der Waals surface area contributed by atoms with Crippen LogP contribution in [0.5, 0.6) is 0 Å². The molecule has 1 unspecified atom stereocenters. The molecule has 0 heterocycles. The van der Waals surface area contributed by atoms with Crippen molar-refractivity contribution in [1.82, 2.24) is 0 Å². The summed E-state index contributed by atoms with van der Waals surface area (Å²) in [6.07, 6.45) is 0. The third-order valence-electron chi connectivity index (χ3n) is 2.87. The number of rotatable bonds is 4. The van der Waals surface area contributed by atoms with Gasteiger partial charge in [-0.1, -0.05) is 12.1 Å². The first-order valence-electron chi connectivity index (χ1n) is 6.13. The van der Waals surface area contributed by atoms with Crippen molar-refractivity contribution in [2.24, 2.45) is 5.73 Å². The molecule has 0 amide bonds. The van der Waals surface area contributed by atoms with Crippen LogP contribution in [0, 0.1) is 11.6 Å². The molecular weight excluding hydrogens is 298 g/mol. The van der Waals surface area contributed by atoms with E-state index in [4.69, 9.17) is 5.73 Å². The number of halogens is 2. The Labute approximate surface area is 121 Å². The number of nitrogens with two attached hydrogens (primary N) is 1. The molecule has 2 aromatic rings. The zero-order chi connectivity index (χ0) is 15.6. The van der Waals surface area contributed by atoms with Crippen LogP contribution in [0.1, 0.15) is 18.5 Å². The van der Waals surface area contributed by atoms with E-state index in [1.165, 1.54) is 0 Å². The third kappa shape index (κ3) is 3.56. The van der Waals surface area contributed by atoms with Crippen LogP contribution in [0.3, 0.4) is 0 Å². The summed E-state index contributed by atoms with van der Waals surface area (Å²) in [6, 6.07) is 8.69. The zero-order valence-electron chi connectivity index (χ0n) is 11.2. The van der Waals surface area contributed by atoms with E-state index in [2.05, 4.69) is 4.72 Å². The molecule has 21 heavy (non-hydrogen) atoms. The van der Waals surface area contributed by atoms with Gasteiger partial charge >= 0.3 is 0 Å². The maximum absolute atomic E-state index is 13.1. The molecule has 0 aromatic heterocycles. The van der Waals surface area contributed by atoms with Crippen LogP contribution in [-0.2, 0) is 10.0 Å². The molecule has 1 atom stereocenters. The van der Waals surface area contributed by atoms with Gasteiger partial charge in [-0.3, -0.25) is 4.72 Å². The minimum atomic E-state index is -3.99. The van der Waals surface area contributed by atoms with Gasteiger partial charge in [-0.15, -0.1) is 0 Å². The topological polar surface area (TPSA) is 72.2 Å². The Kier molecular flexibility index (Phi) is 4.24. The molecule has 2 aromatic carbocycles. The number of hydrogen-bond donors (Lipinski definition) is 2. The molecular formula is C14H14F2N2O2S. The Bertz CT molecular complexity index is 761. The van der Waals surface area contributed by atoms with Crippen molar-refractivity contribution in [2.75, 3.05) is 4.72 Å². The molecule has 0 saturated carbocycles. The lowest BCUT2D eigenvalue weighted by Gasteiger charge is -2.11. The lowest BCUT2D eigenvalue weighted by Crippen LogP contribution is -2.14. The highest BCUT2D eigenvalue weighted by Gasteiger charge is 2.17. The standard InChI is InChI=1S/C14H14F2N2O2S/c1-9(17)10-3-2-4-11(7-10)18-21(19,20)12-5-6-13(15)14(16)8-12/h2-9,18H,17H2,1H3. The molecule has 4 nitrogen and oxygen atoms in total. The summed E-state index contributed by atoms with van der Waals surface area (Å²) in [6.45, 7) is 1.77. The van der Waals surface area contributed by atoms with Gasteiger partial charge in [-0.2, -0.15) is 0 Å². The molecule has 0 aliphatic rings. The average Bonchev–Trinajstić information content (AvgIpc) is 2.41. The lowest BCUT2D eigenvalue weighted by atomic mass is 10.1. The molecule has 7 heteroatoms. The van der Waals surface area contributed by atoms with Crippen molar-refractivity contribution in [3.8, 4) is 0 Å². The first-order valence-corrected chi connectivity index (χ1v) is 7.61. The summed E-state index contributed by atoms with van der Waals surface area (Å²) in [5, 5.41) is 0. The average molecular weight is 312 g/mol. The van der Waals surface area contributed by atoms with Crippen LogP contribution in [0.4, 0.5) is 14.5 Å². The highest BCUT2D eigenvalue weighted by Crippen LogP contribution is 2.20. The van der Waals surface area contributed by atoms with E-state index < -0.39 is 21.7 Å². The van der Waals surface area contributed by atoms with Crippen LogP contribution in [-0.4, -0.2) is 8.42 Å². The summed E-state index contributed by atoms with van der Waals surface area (Å²) in [5.74, 6) is -2.32. The van der Waals surface area contributed by atoms with E-state index >= 15 is 0 Å². The minimum absolute atomic E-state index is 0.252. The van der Waals surface area contributed by atoms with Gasteiger partial charge in [0.25, 0.3) is 10.0 Å². The zero-order valence-corrected chi connectivity index (χ0v) is 12.0. The first-order chi connectivity index (χ1) is 9.79. The van der Waals surface area contributed by atoms with Crippen LogP contribution >= 0.6 is 0 Å². The quantitative estimate of drug-likeness (QED) is 0.912. The predicted octanol–water partition coefficient (Wildman–Crippen LogP) is 2.79. The SMILES string of the molecule is CC(N)c1cccc(NS(=O)(=O)c2ccc(F)c(F)c2)c1. The maximum atomic E-state index is 13.1. The molecule has 3 N–H and O–H groups in total. The van der Waals surface area contributed by atoms with Crippen molar-refractivity contribution in [3.05, 3.63) is 59.7 Å². The van der Waals surface area contributed by atoms with Crippen LogP contribution in [0.25, 0.3) is 0 Å². The van der Waals surface area contributed by atoms with Gasteiger partial charge in [0.05, 0.1) is 4.90 Å². The summed E-state index contributed by atoms with van der Waals surface area (Å²) in [5.41, 5.74) is 6.78. The van der Waals surface area contributed by atoms with Gasteiger partial charge in [-0.05, 0) is 42.8 Å². The second-order valence-corrected chi connectivity index (χ2v) is 6.28. The summed E-state index contributed by atoms with van der Waals surface area (Å²) in [7, 11) is -3.99. The third-order valence-corrected chi connectivity index (χ3v) is 4.24. The Morgan fingerprint density at radius 2 is 1.81 bits per heavy atom. The Hall–Kier alpha value is -1.99. The van der Waals surface area contributed by atoms with Gasteiger partial charge < -0.3 is 5.73 Å². The summed E-state index contributed by atoms with van der Waals surface area (Å²) in [4.78, 5) is -0.354. The van der Waals surface area contributed by atoms with Crippen molar-refractivity contribution in [3.63, 3.8) is 0 Å². The maximum Gasteiger partial charge on any atom is 0.261 e. The summed E-state index contributed by atoms with van der Waals surface area (Å²) >= 11 is 0. The van der Waals surface area contributed by atoms with Gasteiger partial charge in [-0.25, -0.2) is 17.2 Å². The van der Waals surface area contributed by atoms with E-state index in [0.717, 1.165) is 17.7 Å². The molecule has 0 fully saturated rings. The number of benzene rings is 2. The molecule has 0 aliphatic carbocycles.